The highest BCUT2D eigenvalue weighted by molar-refractivity contribution is 5.90. The van der Waals surface area contributed by atoms with Gasteiger partial charge in [-0.3, -0.25) is 9.78 Å². The van der Waals surface area contributed by atoms with Crippen LogP contribution in [0.5, 0.6) is 0 Å². The molecule has 6 nitrogen and oxygen atoms in total. The zero-order valence-corrected chi connectivity index (χ0v) is 9.09. The van der Waals surface area contributed by atoms with Crippen molar-refractivity contribution in [1.82, 2.24) is 15.3 Å². The topological polar surface area (TPSA) is 94.0 Å². The average molecular weight is 232 g/mol. The van der Waals surface area contributed by atoms with Crippen LogP contribution in [0.3, 0.4) is 0 Å². The van der Waals surface area contributed by atoms with Gasteiger partial charge in [0.2, 0.25) is 11.7 Å². The van der Waals surface area contributed by atoms with Crippen molar-refractivity contribution in [3.8, 4) is 0 Å². The van der Waals surface area contributed by atoms with Crippen molar-refractivity contribution in [2.45, 2.75) is 13.1 Å². The second kappa shape index (κ2) is 5.22. The summed E-state index contributed by atoms with van der Waals surface area (Å²) in [6.07, 6.45) is 3.03. The highest BCUT2D eigenvalue weighted by Gasteiger charge is 2.11. The number of carbonyl (C=O) groups is 1. The highest BCUT2D eigenvalue weighted by Crippen LogP contribution is 2.03. The largest absolute Gasteiger partial charge is 0.434 e. The molecule has 0 saturated heterocycles. The molecule has 0 aliphatic heterocycles. The Labute approximate surface area is 97.9 Å². The molecule has 3 N–H and O–H groups in total. The minimum atomic E-state index is -0.331. The molecule has 0 spiro atoms. The highest BCUT2D eigenvalue weighted by atomic mass is 16.4. The van der Waals surface area contributed by atoms with Crippen LogP contribution in [-0.2, 0) is 13.1 Å². The van der Waals surface area contributed by atoms with Crippen molar-refractivity contribution >= 4 is 5.91 Å². The molecule has 1 amide bonds. The molecule has 17 heavy (non-hydrogen) atoms. The number of hydrogen-bond donors (Lipinski definition) is 2. The van der Waals surface area contributed by atoms with Gasteiger partial charge in [-0.15, -0.1) is 0 Å². The molecule has 0 fully saturated rings. The number of amides is 1. The predicted octanol–water partition coefficient (Wildman–Crippen LogP) is 0.458. The van der Waals surface area contributed by atoms with Crippen molar-refractivity contribution in [3.05, 3.63) is 47.9 Å². The van der Waals surface area contributed by atoms with E-state index < -0.39 is 0 Å². The monoisotopic (exact) mass is 232 g/mol. The quantitative estimate of drug-likeness (QED) is 0.798. The summed E-state index contributed by atoms with van der Waals surface area (Å²) >= 11 is 0. The SMILES string of the molecule is NCc1ncc(C(=O)NCc2ccccn2)o1. The molecule has 0 aliphatic rings. The van der Waals surface area contributed by atoms with Gasteiger partial charge in [0.15, 0.2) is 0 Å². The van der Waals surface area contributed by atoms with E-state index in [1.54, 1.807) is 6.20 Å². The third-order valence-electron chi connectivity index (χ3n) is 2.11. The average Bonchev–Trinajstić information content (AvgIpc) is 2.86. The number of nitrogens with one attached hydrogen (secondary N) is 1. The summed E-state index contributed by atoms with van der Waals surface area (Å²) in [4.78, 5) is 19.6. The van der Waals surface area contributed by atoms with E-state index in [4.69, 9.17) is 10.2 Å². The van der Waals surface area contributed by atoms with E-state index in [9.17, 15) is 4.79 Å². The van der Waals surface area contributed by atoms with Crippen LogP contribution in [-0.4, -0.2) is 15.9 Å². The van der Waals surface area contributed by atoms with Crippen LogP contribution < -0.4 is 11.1 Å². The fourth-order valence-corrected chi connectivity index (χ4v) is 1.27. The normalized spacial score (nSPS) is 10.2. The minimum Gasteiger partial charge on any atom is -0.434 e. The van der Waals surface area contributed by atoms with Gasteiger partial charge in [0, 0.05) is 6.20 Å². The lowest BCUT2D eigenvalue weighted by molar-refractivity contribution is 0.0921. The lowest BCUT2D eigenvalue weighted by Gasteiger charge is -2.01. The first-order chi connectivity index (χ1) is 8.29. The van der Waals surface area contributed by atoms with Crippen molar-refractivity contribution in [2.24, 2.45) is 5.73 Å². The van der Waals surface area contributed by atoms with Crippen molar-refractivity contribution in [2.75, 3.05) is 0 Å². The Balaban J connectivity index is 1.93. The van der Waals surface area contributed by atoms with Crippen LogP contribution in [0.2, 0.25) is 0 Å². The third-order valence-corrected chi connectivity index (χ3v) is 2.11. The maximum Gasteiger partial charge on any atom is 0.289 e. The van der Waals surface area contributed by atoms with Gasteiger partial charge < -0.3 is 15.5 Å². The molecule has 0 atom stereocenters. The lowest BCUT2D eigenvalue weighted by atomic mass is 10.3. The fourth-order valence-electron chi connectivity index (χ4n) is 1.27. The third kappa shape index (κ3) is 2.88. The van der Waals surface area contributed by atoms with Gasteiger partial charge in [-0.25, -0.2) is 4.98 Å². The zero-order chi connectivity index (χ0) is 12.1. The van der Waals surface area contributed by atoms with Gasteiger partial charge in [-0.05, 0) is 12.1 Å². The molecule has 0 aromatic carbocycles. The standard InChI is InChI=1S/C11H12N4O2/c12-5-10-14-7-9(17-10)11(16)15-6-8-3-1-2-4-13-8/h1-4,7H,5-6,12H2,(H,15,16). The Morgan fingerprint density at radius 2 is 2.29 bits per heavy atom. The molecule has 2 aromatic rings. The Morgan fingerprint density at radius 1 is 1.41 bits per heavy atom. The van der Waals surface area contributed by atoms with Gasteiger partial charge in [-0.1, -0.05) is 6.07 Å². The van der Waals surface area contributed by atoms with Crippen LogP contribution in [0.25, 0.3) is 0 Å². The lowest BCUT2D eigenvalue weighted by Crippen LogP contribution is -2.22. The summed E-state index contributed by atoms with van der Waals surface area (Å²) in [5.41, 5.74) is 6.11. The number of pyridine rings is 1. The molecular weight excluding hydrogens is 220 g/mol. The number of oxazole rings is 1. The number of nitrogens with two attached hydrogens (primary N) is 1. The first kappa shape index (κ1) is 11.3. The minimum absolute atomic E-state index is 0.154. The Hall–Kier alpha value is -2.21. The smallest absolute Gasteiger partial charge is 0.289 e. The van der Waals surface area contributed by atoms with Gasteiger partial charge >= 0.3 is 0 Å². The van der Waals surface area contributed by atoms with E-state index in [-0.39, 0.29) is 18.2 Å². The van der Waals surface area contributed by atoms with Gasteiger partial charge in [0.05, 0.1) is 25.0 Å². The molecule has 0 radical (unpaired) electrons. The van der Waals surface area contributed by atoms with E-state index in [1.165, 1.54) is 6.20 Å². The van der Waals surface area contributed by atoms with Crippen molar-refractivity contribution < 1.29 is 9.21 Å². The van der Waals surface area contributed by atoms with Gasteiger partial charge in [0.25, 0.3) is 5.91 Å². The summed E-state index contributed by atoms with van der Waals surface area (Å²) in [7, 11) is 0. The molecule has 0 aliphatic carbocycles. The molecule has 6 heteroatoms. The number of aromatic nitrogens is 2. The summed E-state index contributed by atoms with van der Waals surface area (Å²) in [6, 6.07) is 5.50. The summed E-state index contributed by atoms with van der Waals surface area (Å²) in [6.45, 7) is 0.520. The number of nitrogens with zero attached hydrogens (tertiary/aromatic N) is 2. The molecular formula is C11H12N4O2. The molecule has 2 heterocycles. The number of rotatable bonds is 4. The van der Waals surface area contributed by atoms with Gasteiger partial charge in [0.1, 0.15) is 0 Å². The summed E-state index contributed by atoms with van der Waals surface area (Å²) < 4.78 is 5.11. The Kier molecular flexibility index (Phi) is 3.46. The number of hydrogen-bond acceptors (Lipinski definition) is 5. The van der Waals surface area contributed by atoms with E-state index in [1.807, 2.05) is 18.2 Å². The second-order valence-corrected chi connectivity index (χ2v) is 3.33. The molecule has 0 unspecified atom stereocenters. The molecule has 0 saturated carbocycles. The Morgan fingerprint density at radius 3 is 2.94 bits per heavy atom. The van der Waals surface area contributed by atoms with Crippen molar-refractivity contribution in [1.29, 1.82) is 0 Å². The van der Waals surface area contributed by atoms with E-state index in [0.29, 0.717) is 12.4 Å². The van der Waals surface area contributed by atoms with Gasteiger partial charge in [-0.2, -0.15) is 0 Å². The first-order valence-electron chi connectivity index (χ1n) is 5.12. The molecule has 2 aromatic heterocycles. The van der Waals surface area contributed by atoms with Crippen LogP contribution in [0, 0.1) is 0 Å². The fraction of sp³-hybridized carbons (Fsp3) is 0.182. The van der Waals surface area contributed by atoms with Crippen LogP contribution in [0.15, 0.2) is 35.0 Å². The zero-order valence-electron chi connectivity index (χ0n) is 9.09. The van der Waals surface area contributed by atoms with Crippen LogP contribution in [0.1, 0.15) is 22.1 Å². The molecule has 0 bridgehead atoms. The van der Waals surface area contributed by atoms with E-state index >= 15 is 0 Å². The predicted molar refractivity (Wildman–Crippen MR) is 59.8 cm³/mol. The van der Waals surface area contributed by atoms with E-state index in [0.717, 1.165) is 5.69 Å². The van der Waals surface area contributed by atoms with Crippen LogP contribution >= 0.6 is 0 Å². The molecule has 2 rings (SSSR count). The maximum atomic E-state index is 11.6. The summed E-state index contributed by atoms with van der Waals surface area (Å²) in [5.74, 6) is 0.164. The van der Waals surface area contributed by atoms with Crippen LogP contribution in [0.4, 0.5) is 0 Å². The first-order valence-corrected chi connectivity index (χ1v) is 5.12. The number of carbonyl (C=O) groups excluding carboxylic acids is 1. The second-order valence-electron chi connectivity index (χ2n) is 3.33. The Bertz CT molecular complexity index is 495. The molecule has 88 valence electrons. The van der Waals surface area contributed by atoms with Crippen molar-refractivity contribution in [3.63, 3.8) is 0 Å². The van der Waals surface area contributed by atoms with E-state index in [2.05, 4.69) is 15.3 Å². The summed E-state index contributed by atoms with van der Waals surface area (Å²) in [5, 5.41) is 2.68. The maximum absolute atomic E-state index is 11.6.